The van der Waals surface area contributed by atoms with Crippen LogP contribution in [-0.2, 0) is 4.79 Å². The molecule has 0 aliphatic carbocycles. The molecule has 1 heterocycles. The molecule has 15 heavy (non-hydrogen) atoms. The van der Waals surface area contributed by atoms with E-state index >= 15 is 0 Å². The molecule has 0 spiro atoms. The van der Waals surface area contributed by atoms with Crippen LogP contribution in [0.2, 0.25) is 5.02 Å². The fourth-order valence-electron chi connectivity index (χ4n) is 1.69. The lowest BCUT2D eigenvalue weighted by atomic mass is 9.78. The first kappa shape index (κ1) is 10.5. The number of carbonyl (C=O) groups is 1. The highest BCUT2D eigenvalue weighted by atomic mass is 35.5. The number of anilines is 1. The van der Waals surface area contributed by atoms with Crippen LogP contribution >= 0.6 is 11.6 Å². The number of benzene rings is 1. The Hall–Kier alpha value is -1.06. The molecule has 0 fully saturated rings. The van der Waals surface area contributed by atoms with E-state index in [1.807, 2.05) is 0 Å². The van der Waals surface area contributed by atoms with Crippen molar-refractivity contribution >= 4 is 23.2 Å². The third-order valence-corrected chi connectivity index (χ3v) is 3.17. The number of aliphatic hydroxyl groups is 1. The number of halogens is 1. The quantitative estimate of drug-likeness (QED) is 0.712. The van der Waals surface area contributed by atoms with Crippen molar-refractivity contribution in [3.63, 3.8) is 0 Å². The van der Waals surface area contributed by atoms with Crippen molar-refractivity contribution in [2.45, 2.75) is 20.0 Å². The van der Waals surface area contributed by atoms with E-state index in [0.29, 0.717) is 16.3 Å². The third-order valence-electron chi connectivity index (χ3n) is 2.84. The molecule has 2 rings (SSSR count). The zero-order chi connectivity index (χ0) is 11.2. The predicted molar refractivity (Wildman–Crippen MR) is 58.8 cm³/mol. The summed E-state index contributed by atoms with van der Waals surface area (Å²) in [7, 11) is 0. The number of carbonyl (C=O) groups excluding carboxylic acids is 1. The summed E-state index contributed by atoms with van der Waals surface area (Å²) in [6.07, 6.45) is -0.866. The van der Waals surface area contributed by atoms with Crippen LogP contribution in [0.3, 0.4) is 0 Å². The van der Waals surface area contributed by atoms with Crippen LogP contribution in [0.4, 0.5) is 5.69 Å². The topological polar surface area (TPSA) is 49.3 Å². The molecule has 0 aromatic heterocycles. The van der Waals surface area contributed by atoms with Crippen LogP contribution in [0.25, 0.3) is 0 Å². The van der Waals surface area contributed by atoms with Crippen LogP contribution in [0.5, 0.6) is 0 Å². The molecule has 1 aromatic carbocycles. The van der Waals surface area contributed by atoms with E-state index in [-0.39, 0.29) is 5.91 Å². The minimum atomic E-state index is -0.866. The van der Waals surface area contributed by atoms with E-state index in [4.69, 9.17) is 11.6 Å². The molecular formula is C11H12ClNO2. The number of nitrogens with one attached hydrogen (secondary N) is 1. The third kappa shape index (κ3) is 1.43. The Morgan fingerprint density at radius 3 is 2.80 bits per heavy atom. The number of rotatable bonds is 0. The first-order chi connectivity index (χ1) is 6.94. The van der Waals surface area contributed by atoms with Crippen molar-refractivity contribution in [3.8, 4) is 0 Å². The Morgan fingerprint density at radius 1 is 1.47 bits per heavy atom. The molecular weight excluding hydrogens is 214 g/mol. The predicted octanol–water partition coefficient (Wildman–Crippen LogP) is 2.35. The lowest BCUT2D eigenvalue weighted by Gasteiger charge is -2.35. The standard InChI is InChI=1S/C11H12ClNO2/c1-11(2)9(14)8-6(12)4-3-5-7(8)13-10(11)15/h3-5,9,14H,1-2H3,(H,13,15). The smallest absolute Gasteiger partial charge is 0.233 e. The van der Waals surface area contributed by atoms with Gasteiger partial charge in [-0.25, -0.2) is 0 Å². The monoisotopic (exact) mass is 225 g/mol. The lowest BCUT2D eigenvalue weighted by molar-refractivity contribution is -0.130. The second kappa shape index (κ2) is 3.22. The Balaban J connectivity index is 2.62. The van der Waals surface area contributed by atoms with Crippen LogP contribution in [0.1, 0.15) is 25.5 Å². The Kier molecular flexibility index (Phi) is 2.24. The average Bonchev–Trinajstić information content (AvgIpc) is 2.15. The molecule has 0 saturated carbocycles. The van der Waals surface area contributed by atoms with E-state index in [9.17, 15) is 9.90 Å². The first-order valence-corrected chi connectivity index (χ1v) is 5.10. The maximum Gasteiger partial charge on any atom is 0.233 e. The van der Waals surface area contributed by atoms with E-state index < -0.39 is 11.5 Å². The highest BCUT2D eigenvalue weighted by Crippen LogP contribution is 2.44. The molecule has 1 aliphatic heterocycles. The second-order valence-corrected chi connectivity index (χ2v) is 4.69. The molecule has 0 radical (unpaired) electrons. The molecule has 4 heteroatoms. The molecule has 0 saturated heterocycles. The van der Waals surface area contributed by atoms with Crippen molar-refractivity contribution in [2.75, 3.05) is 5.32 Å². The number of amides is 1. The van der Waals surface area contributed by atoms with Crippen LogP contribution in [0, 0.1) is 5.41 Å². The maximum atomic E-state index is 11.7. The van der Waals surface area contributed by atoms with E-state index in [2.05, 4.69) is 5.32 Å². The normalized spacial score (nSPS) is 23.2. The Labute approximate surface area is 93.1 Å². The summed E-state index contributed by atoms with van der Waals surface area (Å²) < 4.78 is 0. The van der Waals surface area contributed by atoms with Crippen molar-refractivity contribution in [2.24, 2.45) is 5.41 Å². The molecule has 2 N–H and O–H groups in total. The van der Waals surface area contributed by atoms with Crippen molar-refractivity contribution in [1.29, 1.82) is 0 Å². The summed E-state index contributed by atoms with van der Waals surface area (Å²) in [5, 5.41) is 13.3. The molecule has 1 aliphatic rings. The Bertz CT molecular complexity index is 429. The van der Waals surface area contributed by atoms with Gasteiger partial charge in [0.25, 0.3) is 0 Å². The summed E-state index contributed by atoms with van der Waals surface area (Å²) in [6, 6.07) is 5.18. The highest BCUT2D eigenvalue weighted by molar-refractivity contribution is 6.32. The molecule has 1 amide bonds. The van der Waals surface area contributed by atoms with E-state index in [1.54, 1.807) is 32.0 Å². The van der Waals surface area contributed by atoms with Gasteiger partial charge in [-0.3, -0.25) is 4.79 Å². The van der Waals surface area contributed by atoms with Gasteiger partial charge in [-0.15, -0.1) is 0 Å². The molecule has 3 nitrogen and oxygen atoms in total. The molecule has 1 unspecified atom stereocenters. The van der Waals surface area contributed by atoms with Gasteiger partial charge >= 0.3 is 0 Å². The fraction of sp³-hybridized carbons (Fsp3) is 0.364. The summed E-state index contributed by atoms with van der Waals surface area (Å²) in [6.45, 7) is 3.39. The summed E-state index contributed by atoms with van der Waals surface area (Å²) in [4.78, 5) is 11.7. The Morgan fingerprint density at radius 2 is 2.13 bits per heavy atom. The van der Waals surface area contributed by atoms with Crippen molar-refractivity contribution < 1.29 is 9.90 Å². The largest absolute Gasteiger partial charge is 0.387 e. The van der Waals surface area contributed by atoms with Gasteiger partial charge in [0.15, 0.2) is 0 Å². The van der Waals surface area contributed by atoms with Gasteiger partial charge in [-0.1, -0.05) is 17.7 Å². The van der Waals surface area contributed by atoms with Gasteiger partial charge in [-0.05, 0) is 26.0 Å². The summed E-state index contributed by atoms with van der Waals surface area (Å²) in [5.74, 6) is -0.190. The van der Waals surface area contributed by atoms with Gasteiger partial charge in [-0.2, -0.15) is 0 Å². The number of aliphatic hydroxyl groups excluding tert-OH is 1. The summed E-state index contributed by atoms with van der Waals surface area (Å²) in [5.41, 5.74) is 0.348. The average molecular weight is 226 g/mol. The maximum absolute atomic E-state index is 11.7. The van der Waals surface area contributed by atoms with Crippen molar-refractivity contribution in [1.82, 2.24) is 0 Å². The van der Waals surface area contributed by atoms with E-state index in [0.717, 1.165) is 0 Å². The number of hydrogen-bond acceptors (Lipinski definition) is 2. The zero-order valence-electron chi connectivity index (χ0n) is 8.54. The molecule has 1 atom stereocenters. The summed E-state index contributed by atoms with van der Waals surface area (Å²) >= 11 is 6.00. The van der Waals surface area contributed by atoms with Gasteiger partial charge < -0.3 is 10.4 Å². The van der Waals surface area contributed by atoms with Crippen LogP contribution in [-0.4, -0.2) is 11.0 Å². The second-order valence-electron chi connectivity index (χ2n) is 4.28. The molecule has 1 aromatic rings. The fourth-order valence-corrected chi connectivity index (χ4v) is 1.97. The molecule has 0 bridgehead atoms. The first-order valence-electron chi connectivity index (χ1n) is 4.72. The number of hydrogen-bond donors (Lipinski definition) is 2. The minimum absolute atomic E-state index is 0.190. The van der Waals surface area contributed by atoms with Gasteiger partial charge in [0.2, 0.25) is 5.91 Å². The lowest BCUT2D eigenvalue weighted by Crippen LogP contribution is -2.40. The van der Waals surface area contributed by atoms with Crippen molar-refractivity contribution in [3.05, 3.63) is 28.8 Å². The zero-order valence-corrected chi connectivity index (χ0v) is 9.30. The van der Waals surface area contributed by atoms with E-state index in [1.165, 1.54) is 0 Å². The minimum Gasteiger partial charge on any atom is -0.387 e. The van der Waals surface area contributed by atoms with Crippen LogP contribution < -0.4 is 5.32 Å². The number of fused-ring (bicyclic) bond motifs is 1. The van der Waals surface area contributed by atoms with Gasteiger partial charge in [0.05, 0.1) is 11.5 Å². The SMILES string of the molecule is CC1(C)C(=O)Nc2cccc(Cl)c2C1O. The van der Waals surface area contributed by atoms with Gasteiger partial charge in [0.1, 0.15) is 0 Å². The van der Waals surface area contributed by atoms with Gasteiger partial charge in [0, 0.05) is 16.3 Å². The highest BCUT2D eigenvalue weighted by Gasteiger charge is 2.42. The molecule has 80 valence electrons. The van der Waals surface area contributed by atoms with Crippen LogP contribution in [0.15, 0.2) is 18.2 Å².